The molecule has 0 amide bonds. The summed E-state index contributed by atoms with van der Waals surface area (Å²) in [4.78, 5) is 0. The first-order chi connectivity index (χ1) is 7.18. The zero-order valence-electron chi connectivity index (χ0n) is 10.2. The van der Waals surface area contributed by atoms with Crippen molar-refractivity contribution >= 4 is 11.1 Å². The number of hydrogen-bond acceptors (Lipinski definition) is 1. The van der Waals surface area contributed by atoms with E-state index in [9.17, 15) is 4.21 Å². The Balaban J connectivity index is 3.08. The van der Waals surface area contributed by atoms with E-state index in [0.717, 1.165) is 12.8 Å². The second-order valence-corrected chi connectivity index (χ2v) is 5.71. The fraction of sp³-hybridized carbons (Fsp3) is 1.00. The molecule has 0 rings (SSSR count). The highest BCUT2D eigenvalue weighted by Crippen LogP contribution is 2.11. The van der Waals surface area contributed by atoms with Crippen LogP contribution in [-0.4, -0.2) is 14.0 Å². The van der Waals surface area contributed by atoms with Gasteiger partial charge in [0.1, 0.15) is 0 Å². The van der Waals surface area contributed by atoms with E-state index in [4.69, 9.17) is 4.55 Å². The maximum Gasteiger partial charge on any atom is 0.155 e. The van der Waals surface area contributed by atoms with Gasteiger partial charge in [0.15, 0.2) is 11.1 Å². The molecule has 0 aromatic rings. The summed E-state index contributed by atoms with van der Waals surface area (Å²) in [5.41, 5.74) is 0. The molecule has 3 heteroatoms. The Bertz CT molecular complexity index is 160. The van der Waals surface area contributed by atoms with Gasteiger partial charge in [-0.05, 0) is 13.3 Å². The number of rotatable bonds is 10. The zero-order valence-corrected chi connectivity index (χ0v) is 11.0. The molecular formula is C12H26O2S. The molecule has 0 bridgehead atoms. The van der Waals surface area contributed by atoms with E-state index in [1.807, 2.05) is 6.92 Å². The molecule has 0 aliphatic heterocycles. The van der Waals surface area contributed by atoms with Crippen molar-refractivity contribution in [2.24, 2.45) is 0 Å². The molecule has 2 atom stereocenters. The molecule has 2 nitrogen and oxygen atoms in total. The third kappa shape index (κ3) is 10.4. The Morgan fingerprint density at radius 1 is 1.00 bits per heavy atom. The van der Waals surface area contributed by atoms with Crippen LogP contribution in [0.1, 0.15) is 71.6 Å². The zero-order chi connectivity index (χ0) is 11.5. The van der Waals surface area contributed by atoms with Crippen LogP contribution >= 0.6 is 0 Å². The van der Waals surface area contributed by atoms with Gasteiger partial charge in [-0.15, -0.1) is 0 Å². The summed E-state index contributed by atoms with van der Waals surface area (Å²) in [7, 11) is 0. The van der Waals surface area contributed by atoms with Crippen LogP contribution in [0.25, 0.3) is 0 Å². The molecule has 0 saturated heterocycles. The average molecular weight is 234 g/mol. The van der Waals surface area contributed by atoms with Crippen LogP contribution in [0, 0.1) is 0 Å². The van der Waals surface area contributed by atoms with Gasteiger partial charge in [-0.1, -0.05) is 58.3 Å². The number of hydrogen-bond donors (Lipinski definition) is 1. The molecule has 0 aromatic carbocycles. The summed E-state index contributed by atoms with van der Waals surface area (Å²) in [6.07, 6.45) is 11.2. The van der Waals surface area contributed by atoms with Crippen LogP contribution in [0.3, 0.4) is 0 Å². The molecule has 0 fully saturated rings. The second-order valence-electron chi connectivity index (χ2n) is 4.35. The van der Waals surface area contributed by atoms with Gasteiger partial charge in [-0.25, -0.2) is 4.21 Å². The Morgan fingerprint density at radius 3 is 1.93 bits per heavy atom. The van der Waals surface area contributed by atoms with Crippen molar-refractivity contribution in [3.05, 3.63) is 0 Å². The molecule has 0 aliphatic rings. The lowest BCUT2D eigenvalue weighted by Crippen LogP contribution is -2.08. The lowest BCUT2D eigenvalue weighted by Gasteiger charge is -2.06. The van der Waals surface area contributed by atoms with Gasteiger partial charge in [0.2, 0.25) is 0 Å². The minimum Gasteiger partial charge on any atom is -0.306 e. The molecule has 0 aromatic heterocycles. The van der Waals surface area contributed by atoms with Gasteiger partial charge in [0.25, 0.3) is 0 Å². The van der Waals surface area contributed by atoms with Crippen molar-refractivity contribution in [3.63, 3.8) is 0 Å². The highest BCUT2D eigenvalue weighted by molar-refractivity contribution is 7.79. The molecule has 2 unspecified atom stereocenters. The molecule has 92 valence electrons. The maximum atomic E-state index is 10.6. The summed E-state index contributed by atoms with van der Waals surface area (Å²) in [6, 6.07) is 0. The van der Waals surface area contributed by atoms with Crippen molar-refractivity contribution in [3.8, 4) is 0 Å². The Hall–Kier alpha value is 0.110. The van der Waals surface area contributed by atoms with Crippen LogP contribution in [0.15, 0.2) is 0 Å². The quantitative estimate of drug-likeness (QED) is 0.456. The highest BCUT2D eigenvalue weighted by Gasteiger charge is 2.06. The minimum absolute atomic E-state index is 0.0508. The minimum atomic E-state index is -1.62. The standard InChI is InChI=1S/C12H26O2S/c1-3-4-5-6-7-8-9-10-11-12(2)15(13)14/h12H,3-11H2,1-2H3,(H,13,14). The lowest BCUT2D eigenvalue weighted by atomic mass is 10.1. The lowest BCUT2D eigenvalue weighted by molar-refractivity contribution is 0.529. The summed E-state index contributed by atoms with van der Waals surface area (Å²) in [5, 5.41) is -0.0508. The molecule has 0 spiro atoms. The first-order valence-electron chi connectivity index (χ1n) is 6.28. The second kappa shape index (κ2) is 10.6. The van der Waals surface area contributed by atoms with Crippen molar-refractivity contribution in [1.82, 2.24) is 0 Å². The van der Waals surface area contributed by atoms with Crippen LogP contribution in [0.5, 0.6) is 0 Å². The van der Waals surface area contributed by atoms with Crippen molar-refractivity contribution in [1.29, 1.82) is 0 Å². The van der Waals surface area contributed by atoms with E-state index in [1.165, 1.54) is 44.9 Å². The predicted molar refractivity (Wildman–Crippen MR) is 67.5 cm³/mol. The fourth-order valence-electron chi connectivity index (χ4n) is 1.67. The monoisotopic (exact) mass is 234 g/mol. The molecule has 0 radical (unpaired) electrons. The Kier molecular flexibility index (Phi) is 10.7. The average Bonchev–Trinajstić information content (AvgIpc) is 2.21. The molecule has 0 aliphatic carbocycles. The topological polar surface area (TPSA) is 37.3 Å². The van der Waals surface area contributed by atoms with Crippen LogP contribution in [0.2, 0.25) is 0 Å². The Labute approximate surface area is 97.1 Å². The fourth-order valence-corrected chi connectivity index (χ4v) is 2.03. The van der Waals surface area contributed by atoms with Crippen molar-refractivity contribution in [2.45, 2.75) is 76.9 Å². The highest BCUT2D eigenvalue weighted by atomic mass is 32.2. The first-order valence-corrected chi connectivity index (χ1v) is 7.45. The summed E-state index contributed by atoms with van der Waals surface area (Å²) >= 11 is -1.62. The molecule has 0 saturated carbocycles. The van der Waals surface area contributed by atoms with Gasteiger partial charge >= 0.3 is 0 Å². The van der Waals surface area contributed by atoms with Crippen LogP contribution < -0.4 is 0 Å². The first kappa shape index (κ1) is 15.1. The summed E-state index contributed by atoms with van der Waals surface area (Å²) in [5.74, 6) is 0. The third-order valence-electron chi connectivity index (χ3n) is 2.81. The molecule has 1 N–H and O–H groups in total. The summed E-state index contributed by atoms with van der Waals surface area (Å²) in [6.45, 7) is 4.08. The van der Waals surface area contributed by atoms with Crippen LogP contribution in [-0.2, 0) is 11.1 Å². The van der Waals surface area contributed by atoms with Gasteiger partial charge in [-0.2, -0.15) is 0 Å². The maximum absolute atomic E-state index is 10.6. The van der Waals surface area contributed by atoms with E-state index < -0.39 is 11.1 Å². The largest absolute Gasteiger partial charge is 0.306 e. The summed E-state index contributed by atoms with van der Waals surface area (Å²) < 4.78 is 19.4. The smallest absolute Gasteiger partial charge is 0.155 e. The Morgan fingerprint density at radius 2 is 1.47 bits per heavy atom. The van der Waals surface area contributed by atoms with Crippen molar-refractivity contribution < 1.29 is 8.76 Å². The van der Waals surface area contributed by atoms with E-state index in [0.29, 0.717) is 0 Å². The van der Waals surface area contributed by atoms with E-state index in [1.54, 1.807) is 0 Å². The van der Waals surface area contributed by atoms with E-state index in [-0.39, 0.29) is 5.25 Å². The van der Waals surface area contributed by atoms with E-state index >= 15 is 0 Å². The van der Waals surface area contributed by atoms with E-state index in [2.05, 4.69) is 6.92 Å². The molecular weight excluding hydrogens is 208 g/mol. The van der Waals surface area contributed by atoms with Gasteiger partial charge in [0.05, 0.1) is 5.25 Å². The normalized spacial score (nSPS) is 15.1. The number of unbranched alkanes of at least 4 members (excludes halogenated alkanes) is 7. The van der Waals surface area contributed by atoms with Gasteiger partial charge < -0.3 is 4.55 Å². The predicted octanol–water partition coefficient (Wildman–Crippen LogP) is 4.13. The molecule has 15 heavy (non-hydrogen) atoms. The molecule has 0 heterocycles. The third-order valence-corrected chi connectivity index (χ3v) is 3.73. The van der Waals surface area contributed by atoms with Crippen LogP contribution in [0.4, 0.5) is 0 Å². The van der Waals surface area contributed by atoms with Gasteiger partial charge in [0, 0.05) is 0 Å². The van der Waals surface area contributed by atoms with Gasteiger partial charge in [-0.3, -0.25) is 0 Å². The van der Waals surface area contributed by atoms with Crippen molar-refractivity contribution in [2.75, 3.05) is 0 Å². The SMILES string of the molecule is CCCCCCCCCCC(C)S(=O)O.